The molecule has 0 spiro atoms. The summed E-state index contributed by atoms with van der Waals surface area (Å²) in [6, 6.07) is 8.57. The van der Waals surface area contributed by atoms with Crippen molar-refractivity contribution in [2.24, 2.45) is 0 Å². The third kappa shape index (κ3) is 3.60. The molecule has 20 heavy (non-hydrogen) atoms. The molecule has 0 saturated carbocycles. The molecule has 1 heterocycles. The summed E-state index contributed by atoms with van der Waals surface area (Å²) in [5.74, 6) is 0.913. The van der Waals surface area contributed by atoms with Crippen LogP contribution in [0.25, 0.3) is 0 Å². The molecule has 2 atom stereocenters. The Balaban J connectivity index is 1.94. The van der Waals surface area contributed by atoms with Crippen molar-refractivity contribution in [1.82, 2.24) is 4.90 Å². The third-order valence-corrected chi connectivity index (χ3v) is 4.17. The zero-order chi connectivity index (χ0) is 14.7. The minimum Gasteiger partial charge on any atom is -0.391 e. The molecule has 110 valence electrons. The Bertz CT molecular complexity index is 453. The highest BCUT2D eigenvalue weighted by Crippen LogP contribution is 2.23. The van der Waals surface area contributed by atoms with Crippen LogP contribution in [0.1, 0.15) is 56.6 Å². The molecule has 0 radical (unpaired) electrons. The molecule has 1 aromatic carbocycles. The van der Waals surface area contributed by atoms with Crippen LogP contribution in [0.15, 0.2) is 24.3 Å². The summed E-state index contributed by atoms with van der Waals surface area (Å²) in [5.41, 5.74) is 2.54. The first kappa shape index (κ1) is 15.0. The van der Waals surface area contributed by atoms with E-state index in [1.54, 1.807) is 4.90 Å². The van der Waals surface area contributed by atoms with Gasteiger partial charge in [0.25, 0.3) is 0 Å². The van der Waals surface area contributed by atoms with Crippen LogP contribution in [-0.4, -0.2) is 35.1 Å². The number of benzene rings is 1. The van der Waals surface area contributed by atoms with Gasteiger partial charge in [0.05, 0.1) is 6.10 Å². The van der Waals surface area contributed by atoms with Gasteiger partial charge in [-0.05, 0) is 29.4 Å². The highest BCUT2D eigenvalue weighted by atomic mass is 16.3. The number of carbonyl (C=O) groups excluding carboxylic acids is 1. The highest BCUT2D eigenvalue weighted by molar-refractivity contribution is 5.77. The Morgan fingerprint density at radius 1 is 1.25 bits per heavy atom. The summed E-state index contributed by atoms with van der Waals surface area (Å²) in [6.07, 6.45) is 0.899. The van der Waals surface area contributed by atoms with Crippen LogP contribution in [0.5, 0.6) is 0 Å². The van der Waals surface area contributed by atoms with Crippen LogP contribution in [0.4, 0.5) is 0 Å². The van der Waals surface area contributed by atoms with E-state index in [0.717, 1.165) is 0 Å². The second kappa shape index (κ2) is 6.40. The molecule has 1 aliphatic rings. The molecule has 1 aliphatic heterocycles. The predicted molar refractivity (Wildman–Crippen MR) is 80.8 cm³/mol. The fraction of sp³-hybridized carbons (Fsp3) is 0.588. The molecule has 0 aliphatic carbocycles. The highest BCUT2D eigenvalue weighted by Gasteiger charge is 2.25. The molecular weight excluding hydrogens is 250 g/mol. The first-order valence-corrected chi connectivity index (χ1v) is 7.53. The zero-order valence-electron chi connectivity index (χ0n) is 12.7. The number of hydrogen-bond acceptors (Lipinski definition) is 2. The summed E-state index contributed by atoms with van der Waals surface area (Å²) in [6.45, 7) is 7.65. The maximum atomic E-state index is 12.2. The van der Waals surface area contributed by atoms with Gasteiger partial charge >= 0.3 is 0 Å². The van der Waals surface area contributed by atoms with Crippen LogP contribution in [0, 0.1) is 0 Å². The van der Waals surface area contributed by atoms with Gasteiger partial charge in [0.15, 0.2) is 0 Å². The largest absolute Gasteiger partial charge is 0.391 e. The molecule has 1 amide bonds. The topological polar surface area (TPSA) is 40.5 Å². The van der Waals surface area contributed by atoms with Crippen molar-refractivity contribution >= 4 is 5.91 Å². The first-order valence-electron chi connectivity index (χ1n) is 7.53. The molecular formula is C17H25NO2. The Kier molecular flexibility index (Phi) is 4.81. The number of rotatable bonds is 4. The SMILES string of the molecule is CC(C)c1ccc(C(C)CC(=O)N2CC[C@@H](O)C2)cc1. The van der Waals surface area contributed by atoms with Crippen molar-refractivity contribution in [3.8, 4) is 0 Å². The second-order valence-corrected chi connectivity index (χ2v) is 6.21. The summed E-state index contributed by atoms with van der Waals surface area (Å²) >= 11 is 0. The minimum atomic E-state index is -0.334. The normalized spacial score (nSPS) is 20.4. The maximum Gasteiger partial charge on any atom is 0.223 e. The third-order valence-electron chi connectivity index (χ3n) is 4.17. The average Bonchev–Trinajstić information content (AvgIpc) is 2.85. The van der Waals surface area contributed by atoms with E-state index >= 15 is 0 Å². The predicted octanol–water partition coefficient (Wildman–Crippen LogP) is 2.90. The van der Waals surface area contributed by atoms with E-state index in [1.807, 2.05) is 0 Å². The van der Waals surface area contributed by atoms with Gasteiger partial charge in [0.1, 0.15) is 0 Å². The van der Waals surface area contributed by atoms with Crippen molar-refractivity contribution in [3.63, 3.8) is 0 Å². The van der Waals surface area contributed by atoms with Gasteiger partial charge < -0.3 is 10.0 Å². The van der Waals surface area contributed by atoms with Crippen LogP contribution in [-0.2, 0) is 4.79 Å². The van der Waals surface area contributed by atoms with Crippen molar-refractivity contribution in [3.05, 3.63) is 35.4 Å². The average molecular weight is 275 g/mol. The Labute approximate surface area is 121 Å². The van der Waals surface area contributed by atoms with E-state index in [-0.39, 0.29) is 17.9 Å². The van der Waals surface area contributed by atoms with E-state index < -0.39 is 0 Å². The Morgan fingerprint density at radius 2 is 1.85 bits per heavy atom. The maximum absolute atomic E-state index is 12.2. The monoisotopic (exact) mass is 275 g/mol. The van der Waals surface area contributed by atoms with Gasteiger partial charge in [-0.1, -0.05) is 45.0 Å². The van der Waals surface area contributed by atoms with Gasteiger partial charge in [-0.3, -0.25) is 4.79 Å². The molecule has 1 fully saturated rings. The molecule has 3 nitrogen and oxygen atoms in total. The molecule has 1 unspecified atom stereocenters. The zero-order valence-corrected chi connectivity index (χ0v) is 12.7. The standard InChI is InChI=1S/C17H25NO2/c1-12(2)14-4-6-15(7-5-14)13(3)10-17(20)18-9-8-16(19)11-18/h4-7,12-13,16,19H,8-11H2,1-3H3/t13?,16-/m1/s1. The van der Waals surface area contributed by atoms with Crippen LogP contribution in [0.3, 0.4) is 0 Å². The summed E-state index contributed by atoms with van der Waals surface area (Å²) < 4.78 is 0. The molecule has 1 aromatic rings. The molecule has 0 bridgehead atoms. The quantitative estimate of drug-likeness (QED) is 0.918. The lowest BCUT2D eigenvalue weighted by molar-refractivity contribution is -0.130. The van der Waals surface area contributed by atoms with E-state index in [9.17, 15) is 9.90 Å². The minimum absolute atomic E-state index is 0.155. The molecule has 2 rings (SSSR count). The fourth-order valence-corrected chi connectivity index (χ4v) is 2.69. The van der Waals surface area contributed by atoms with Gasteiger partial charge in [-0.15, -0.1) is 0 Å². The van der Waals surface area contributed by atoms with Crippen LogP contribution < -0.4 is 0 Å². The first-order chi connectivity index (χ1) is 9.47. The van der Waals surface area contributed by atoms with Crippen molar-refractivity contribution < 1.29 is 9.90 Å². The lowest BCUT2D eigenvalue weighted by atomic mass is 9.94. The fourth-order valence-electron chi connectivity index (χ4n) is 2.69. The number of β-amino-alcohol motifs (C(OH)–C–C–N with tert-alkyl or cyclic N) is 1. The lowest BCUT2D eigenvalue weighted by Crippen LogP contribution is -2.30. The molecule has 1 saturated heterocycles. The molecule has 1 N–H and O–H groups in total. The van der Waals surface area contributed by atoms with Crippen molar-refractivity contribution in [2.75, 3.05) is 13.1 Å². The van der Waals surface area contributed by atoms with Gasteiger partial charge in [-0.2, -0.15) is 0 Å². The van der Waals surface area contributed by atoms with E-state index in [4.69, 9.17) is 0 Å². The summed E-state index contributed by atoms with van der Waals surface area (Å²) in [5, 5.41) is 9.49. The van der Waals surface area contributed by atoms with Gasteiger partial charge in [0, 0.05) is 19.5 Å². The van der Waals surface area contributed by atoms with Crippen LogP contribution in [0.2, 0.25) is 0 Å². The number of likely N-dealkylation sites (tertiary alicyclic amines) is 1. The van der Waals surface area contributed by atoms with Gasteiger partial charge in [-0.25, -0.2) is 0 Å². The van der Waals surface area contributed by atoms with Gasteiger partial charge in [0.2, 0.25) is 5.91 Å². The van der Waals surface area contributed by atoms with E-state index in [0.29, 0.717) is 31.8 Å². The molecule has 3 heteroatoms. The number of amides is 1. The smallest absolute Gasteiger partial charge is 0.223 e. The Morgan fingerprint density at radius 3 is 2.35 bits per heavy atom. The van der Waals surface area contributed by atoms with Crippen molar-refractivity contribution in [2.45, 2.75) is 51.6 Å². The van der Waals surface area contributed by atoms with Crippen LogP contribution >= 0.6 is 0 Å². The lowest BCUT2D eigenvalue weighted by Gasteiger charge is -2.19. The van der Waals surface area contributed by atoms with E-state index in [2.05, 4.69) is 45.0 Å². The number of aliphatic hydroxyl groups is 1. The summed E-state index contributed by atoms with van der Waals surface area (Å²) in [4.78, 5) is 13.9. The van der Waals surface area contributed by atoms with E-state index in [1.165, 1.54) is 11.1 Å². The number of nitrogens with zero attached hydrogens (tertiary/aromatic N) is 1. The number of carbonyl (C=O) groups is 1. The Hall–Kier alpha value is -1.35. The van der Waals surface area contributed by atoms with Crippen molar-refractivity contribution in [1.29, 1.82) is 0 Å². The second-order valence-electron chi connectivity index (χ2n) is 6.21. The molecule has 0 aromatic heterocycles. The number of aliphatic hydroxyl groups excluding tert-OH is 1. The summed E-state index contributed by atoms with van der Waals surface area (Å²) in [7, 11) is 0. The number of hydrogen-bond donors (Lipinski definition) is 1.